The SMILES string of the molecule is Cc1cccc(-c2n[nH]c(=S)n2CC(=O)N(C)Cc2ccccc2N2CCCC2)c1. The van der Waals surface area contributed by atoms with Gasteiger partial charge in [0.05, 0.1) is 0 Å². The summed E-state index contributed by atoms with van der Waals surface area (Å²) in [6, 6.07) is 16.4. The van der Waals surface area contributed by atoms with E-state index in [1.807, 2.05) is 44.3 Å². The first kappa shape index (κ1) is 20.3. The standard InChI is InChI=1S/C23H27N5OS/c1-17-8-7-10-18(14-17)22-24-25-23(30)28(22)16-21(29)26(2)15-19-9-3-4-11-20(19)27-12-5-6-13-27/h3-4,7-11,14H,5-6,12-13,15-16H2,1-2H3,(H,25,30). The summed E-state index contributed by atoms with van der Waals surface area (Å²) >= 11 is 5.40. The summed E-state index contributed by atoms with van der Waals surface area (Å²) < 4.78 is 2.22. The van der Waals surface area contributed by atoms with Crippen LogP contribution in [0.5, 0.6) is 0 Å². The van der Waals surface area contributed by atoms with Gasteiger partial charge in [-0.2, -0.15) is 5.10 Å². The van der Waals surface area contributed by atoms with Gasteiger partial charge in [-0.15, -0.1) is 0 Å². The molecule has 1 N–H and O–H groups in total. The van der Waals surface area contributed by atoms with Crippen molar-refractivity contribution in [1.82, 2.24) is 19.7 Å². The van der Waals surface area contributed by atoms with Crippen LogP contribution in [0, 0.1) is 11.7 Å². The minimum atomic E-state index is -0.00220. The van der Waals surface area contributed by atoms with Crippen LogP contribution in [-0.4, -0.2) is 45.7 Å². The lowest BCUT2D eigenvalue weighted by Gasteiger charge is -2.24. The van der Waals surface area contributed by atoms with Crippen LogP contribution in [0.25, 0.3) is 11.4 Å². The smallest absolute Gasteiger partial charge is 0.242 e. The number of hydrogen-bond acceptors (Lipinski definition) is 4. The zero-order valence-corrected chi connectivity index (χ0v) is 18.3. The van der Waals surface area contributed by atoms with Gasteiger partial charge in [-0.25, -0.2) is 0 Å². The third-order valence-corrected chi connectivity index (χ3v) is 5.91. The Morgan fingerprint density at radius 2 is 1.93 bits per heavy atom. The van der Waals surface area contributed by atoms with Crippen LogP contribution in [0.3, 0.4) is 0 Å². The topological polar surface area (TPSA) is 57.2 Å². The van der Waals surface area contributed by atoms with E-state index in [-0.39, 0.29) is 12.5 Å². The number of anilines is 1. The second-order valence-electron chi connectivity index (χ2n) is 7.88. The molecule has 7 heteroatoms. The maximum absolute atomic E-state index is 13.1. The predicted molar refractivity (Wildman–Crippen MR) is 122 cm³/mol. The van der Waals surface area contributed by atoms with Crippen molar-refractivity contribution in [2.45, 2.75) is 32.9 Å². The minimum absolute atomic E-state index is 0.00220. The summed E-state index contributed by atoms with van der Waals surface area (Å²) in [5.74, 6) is 0.681. The van der Waals surface area contributed by atoms with Crippen molar-refractivity contribution in [2.75, 3.05) is 25.0 Å². The first-order valence-electron chi connectivity index (χ1n) is 10.3. The lowest BCUT2D eigenvalue weighted by Crippen LogP contribution is -2.31. The molecule has 1 aliphatic heterocycles. The van der Waals surface area contributed by atoms with Gasteiger partial charge < -0.3 is 9.80 Å². The van der Waals surface area contributed by atoms with Crippen LogP contribution in [-0.2, 0) is 17.9 Å². The zero-order valence-electron chi connectivity index (χ0n) is 17.5. The molecule has 30 heavy (non-hydrogen) atoms. The Morgan fingerprint density at radius 1 is 1.17 bits per heavy atom. The van der Waals surface area contributed by atoms with Crippen LogP contribution >= 0.6 is 12.2 Å². The number of nitrogens with one attached hydrogen (secondary N) is 1. The Hall–Kier alpha value is -2.93. The molecule has 1 amide bonds. The van der Waals surface area contributed by atoms with Gasteiger partial charge in [0.1, 0.15) is 6.54 Å². The number of benzene rings is 2. The van der Waals surface area contributed by atoms with E-state index in [1.165, 1.54) is 24.1 Å². The number of likely N-dealkylation sites (N-methyl/N-ethyl adjacent to an activating group) is 1. The van der Waals surface area contributed by atoms with Crippen molar-refractivity contribution in [1.29, 1.82) is 0 Å². The van der Waals surface area contributed by atoms with Gasteiger partial charge in [0.15, 0.2) is 10.6 Å². The molecule has 1 aromatic heterocycles. The van der Waals surface area contributed by atoms with E-state index in [2.05, 4.69) is 33.3 Å². The van der Waals surface area contributed by atoms with Gasteiger partial charge in [0, 0.05) is 37.9 Å². The van der Waals surface area contributed by atoms with E-state index in [1.54, 1.807) is 9.47 Å². The van der Waals surface area contributed by atoms with Gasteiger partial charge in [0.25, 0.3) is 0 Å². The predicted octanol–water partition coefficient (Wildman–Crippen LogP) is 4.17. The van der Waals surface area contributed by atoms with Crippen molar-refractivity contribution in [3.8, 4) is 11.4 Å². The molecule has 2 aromatic carbocycles. The number of aromatic nitrogens is 3. The van der Waals surface area contributed by atoms with Crippen LogP contribution in [0.15, 0.2) is 48.5 Å². The van der Waals surface area contributed by atoms with Gasteiger partial charge >= 0.3 is 0 Å². The van der Waals surface area contributed by atoms with E-state index in [0.717, 1.165) is 24.2 Å². The highest BCUT2D eigenvalue weighted by molar-refractivity contribution is 7.71. The van der Waals surface area contributed by atoms with E-state index < -0.39 is 0 Å². The Kier molecular flexibility index (Phi) is 5.99. The molecule has 0 spiro atoms. The fourth-order valence-corrected chi connectivity index (χ4v) is 4.18. The van der Waals surface area contributed by atoms with Gasteiger partial charge in [0.2, 0.25) is 5.91 Å². The maximum Gasteiger partial charge on any atom is 0.242 e. The van der Waals surface area contributed by atoms with E-state index in [4.69, 9.17) is 12.2 Å². The van der Waals surface area contributed by atoms with Crippen molar-refractivity contribution < 1.29 is 4.79 Å². The number of H-pyrrole nitrogens is 1. The molecule has 3 aromatic rings. The Labute approximate surface area is 182 Å². The molecule has 156 valence electrons. The number of hydrogen-bond donors (Lipinski definition) is 1. The van der Waals surface area contributed by atoms with Gasteiger partial charge in [-0.05, 0) is 49.7 Å². The molecule has 2 heterocycles. The molecule has 1 fully saturated rings. The normalized spacial score (nSPS) is 13.6. The quantitative estimate of drug-likeness (QED) is 0.607. The summed E-state index contributed by atoms with van der Waals surface area (Å²) in [4.78, 5) is 17.2. The van der Waals surface area contributed by atoms with Crippen molar-refractivity contribution in [3.05, 3.63) is 64.4 Å². The first-order chi connectivity index (χ1) is 14.5. The molecular weight excluding hydrogens is 394 g/mol. The number of aromatic amines is 1. The minimum Gasteiger partial charge on any atom is -0.371 e. The number of carbonyl (C=O) groups is 1. The third kappa shape index (κ3) is 4.31. The second kappa shape index (κ2) is 8.83. The summed E-state index contributed by atoms with van der Waals surface area (Å²) in [7, 11) is 1.85. The second-order valence-corrected chi connectivity index (χ2v) is 8.27. The molecule has 0 aliphatic carbocycles. The molecule has 1 saturated heterocycles. The lowest BCUT2D eigenvalue weighted by molar-refractivity contribution is -0.131. The lowest BCUT2D eigenvalue weighted by atomic mass is 10.1. The fourth-order valence-electron chi connectivity index (χ4n) is 3.98. The average Bonchev–Trinajstić information content (AvgIpc) is 3.39. The summed E-state index contributed by atoms with van der Waals surface area (Å²) in [5.41, 5.74) is 4.48. The molecule has 6 nitrogen and oxygen atoms in total. The third-order valence-electron chi connectivity index (χ3n) is 5.60. The summed E-state index contributed by atoms with van der Waals surface area (Å²) in [5, 5.41) is 7.19. The van der Waals surface area contributed by atoms with Crippen LogP contribution in [0.4, 0.5) is 5.69 Å². The first-order valence-corrected chi connectivity index (χ1v) is 10.7. The van der Waals surface area contributed by atoms with E-state index >= 15 is 0 Å². The van der Waals surface area contributed by atoms with Crippen molar-refractivity contribution in [3.63, 3.8) is 0 Å². The number of carbonyl (C=O) groups excluding carboxylic acids is 1. The van der Waals surface area contributed by atoms with E-state index in [9.17, 15) is 4.79 Å². The maximum atomic E-state index is 13.1. The number of aryl methyl sites for hydroxylation is 1. The van der Waals surface area contributed by atoms with Gasteiger partial charge in [-0.1, -0.05) is 42.0 Å². The number of rotatable bonds is 6. The largest absolute Gasteiger partial charge is 0.371 e. The molecule has 0 bridgehead atoms. The highest BCUT2D eigenvalue weighted by Gasteiger charge is 2.19. The molecular formula is C23H27N5OS. The number of para-hydroxylation sites is 1. The molecule has 0 radical (unpaired) electrons. The fraction of sp³-hybridized carbons (Fsp3) is 0.348. The monoisotopic (exact) mass is 421 g/mol. The van der Waals surface area contributed by atoms with Crippen molar-refractivity contribution >= 4 is 23.8 Å². The Balaban J connectivity index is 1.52. The molecule has 1 aliphatic rings. The molecule has 4 rings (SSSR count). The highest BCUT2D eigenvalue weighted by Crippen LogP contribution is 2.25. The Bertz CT molecular complexity index is 1100. The average molecular weight is 422 g/mol. The number of nitrogens with zero attached hydrogens (tertiary/aromatic N) is 4. The number of amides is 1. The molecule has 0 saturated carbocycles. The summed E-state index contributed by atoms with van der Waals surface area (Å²) in [6.45, 7) is 4.92. The molecule has 0 unspecified atom stereocenters. The van der Waals surface area contributed by atoms with Gasteiger partial charge in [-0.3, -0.25) is 14.5 Å². The molecule has 0 atom stereocenters. The van der Waals surface area contributed by atoms with Crippen LogP contribution in [0.1, 0.15) is 24.0 Å². The van der Waals surface area contributed by atoms with Crippen LogP contribution in [0.2, 0.25) is 0 Å². The summed E-state index contributed by atoms with van der Waals surface area (Å²) in [6.07, 6.45) is 2.45. The van der Waals surface area contributed by atoms with Crippen molar-refractivity contribution in [2.24, 2.45) is 0 Å². The highest BCUT2D eigenvalue weighted by atomic mass is 32.1. The van der Waals surface area contributed by atoms with Crippen LogP contribution < -0.4 is 4.90 Å². The zero-order chi connectivity index (χ0) is 21.1. The van der Waals surface area contributed by atoms with E-state index in [0.29, 0.717) is 17.1 Å². The Morgan fingerprint density at radius 3 is 2.70 bits per heavy atom.